The predicted octanol–water partition coefficient (Wildman–Crippen LogP) is 2.24. The number of rotatable bonds is 5. The van der Waals surface area contributed by atoms with Gasteiger partial charge in [0.1, 0.15) is 6.61 Å². The maximum atomic E-state index is 11.3. The molecule has 17 heavy (non-hydrogen) atoms. The smallest absolute Gasteiger partial charge is 0.411 e. The summed E-state index contributed by atoms with van der Waals surface area (Å²) in [6.07, 6.45) is -0.376. The molecule has 5 heteroatoms. The zero-order valence-electron chi connectivity index (χ0n) is 10.1. The molecule has 0 unspecified atom stereocenters. The number of nitrogen functional groups attached to an aromatic ring is 1. The summed E-state index contributed by atoms with van der Waals surface area (Å²) in [7, 11) is 0. The van der Waals surface area contributed by atoms with E-state index in [9.17, 15) is 4.79 Å². The molecular formula is C12H18N2O3. The minimum Gasteiger partial charge on any atom is -0.447 e. The van der Waals surface area contributed by atoms with E-state index in [4.69, 9.17) is 15.2 Å². The van der Waals surface area contributed by atoms with E-state index >= 15 is 0 Å². The molecule has 0 aliphatic heterocycles. The van der Waals surface area contributed by atoms with Gasteiger partial charge in [-0.05, 0) is 32.0 Å². The molecule has 0 aliphatic rings. The highest BCUT2D eigenvalue weighted by molar-refractivity contribution is 5.85. The molecule has 1 amide bonds. The number of amides is 1. The summed E-state index contributed by atoms with van der Waals surface area (Å²) < 4.78 is 10.2. The molecule has 0 atom stereocenters. The third-order valence-corrected chi connectivity index (χ3v) is 1.90. The molecule has 0 bridgehead atoms. The molecule has 0 heterocycles. The molecule has 0 aromatic heterocycles. The normalized spacial score (nSPS) is 10.3. The summed E-state index contributed by atoms with van der Waals surface area (Å²) in [5.74, 6) is 0. The van der Waals surface area contributed by atoms with Crippen LogP contribution in [-0.2, 0) is 9.47 Å². The molecule has 94 valence electrons. The molecule has 0 radical (unpaired) electrons. The van der Waals surface area contributed by atoms with Gasteiger partial charge in [-0.1, -0.05) is 6.07 Å². The van der Waals surface area contributed by atoms with Gasteiger partial charge in [0.2, 0.25) is 0 Å². The third kappa shape index (κ3) is 5.77. The van der Waals surface area contributed by atoms with Crippen molar-refractivity contribution in [2.24, 2.45) is 0 Å². The van der Waals surface area contributed by atoms with Gasteiger partial charge in [0.25, 0.3) is 0 Å². The van der Waals surface area contributed by atoms with Crippen molar-refractivity contribution in [3.05, 3.63) is 24.3 Å². The second kappa shape index (κ2) is 6.75. The Kier molecular flexibility index (Phi) is 5.29. The SMILES string of the molecule is CC(C)OCCOC(=O)Nc1cccc(N)c1. The Morgan fingerprint density at radius 1 is 1.41 bits per heavy atom. The Balaban J connectivity index is 2.25. The van der Waals surface area contributed by atoms with Crippen LogP contribution in [0, 0.1) is 0 Å². The van der Waals surface area contributed by atoms with Gasteiger partial charge in [-0.2, -0.15) is 0 Å². The Morgan fingerprint density at radius 3 is 2.82 bits per heavy atom. The van der Waals surface area contributed by atoms with E-state index in [-0.39, 0.29) is 12.7 Å². The van der Waals surface area contributed by atoms with Crippen molar-refractivity contribution >= 4 is 17.5 Å². The number of anilines is 2. The lowest BCUT2D eigenvalue weighted by Gasteiger charge is -2.09. The molecule has 3 N–H and O–H groups in total. The zero-order chi connectivity index (χ0) is 12.7. The summed E-state index contributed by atoms with van der Waals surface area (Å²) in [5.41, 5.74) is 6.78. The molecule has 0 saturated carbocycles. The molecule has 0 saturated heterocycles. The van der Waals surface area contributed by atoms with Gasteiger partial charge in [0.15, 0.2) is 0 Å². The number of hydrogen-bond donors (Lipinski definition) is 2. The van der Waals surface area contributed by atoms with Gasteiger partial charge < -0.3 is 15.2 Å². The highest BCUT2D eigenvalue weighted by atomic mass is 16.6. The fraction of sp³-hybridized carbons (Fsp3) is 0.417. The largest absolute Gasteiger partial charge is 0.447 e. The number of carbonyl (C=O) groups excluding carboxylic acids is 1. The Bertz CT molecular complexity index is 367. The summed E-state index contributed by atoms with van der Waals surface area (Å²) in [4.78, 5) is 11.3. The zero-order valence-corrected chi connectivity index (χ0v) is 10.1. The lowest BCUT2D eigenvalue weighted by Crippen LogP contribution is -2.18. The van der Waals surface area contributed by atoms with Crippen LogP contribution >= 0.6 is 0 Å². The van der Waals surface area contributed by atoms with E-state index in [2.05, 4.69) is 5.32 Å². The minimum atomic E-state index is -0.511. The van der Waals surface area contributed by atoms with Crippen LogP contribution in [0.25, 0.3) is 0 Å². The predicted molar refractivity (Wildman–Crippen MR) is 66.9 cm³/mol. The molecular weight excluding hydrogens is 220 g/mol. The quantitative estimate of drug-likeness (QED) is 0.609. The summed E-state index contributed by atoms with van der Waals surface area (Å²) in [5, 5.41) is 2.57. The molecule has 1 aromatic rings. The molecule has 0 fully saturated rings. The van der Waals surface area contributed by atoms with Crippen molar-refractivity contribution in [3.8, 4) is 0 Å². The lowest BCUT2D eigenvalue weighted by molar-refractivity contribution is 0.0427. The fourth-order valence-corrected chi connectivity index (χ4v) is 1.19. The minimum absolute atomic E-state index is 0.135. The fourth-order valence-electron chi connectivity index (χ4n) is 1.19. The molecule has 1 rings (SSSR count). The molecule has 1 aromatic carbocycles. The monoisotopic (exact) mass is 238 g/mol. The van der Waals surface area contributed by atoms with Gasteiger partial charge in [-0.25, -0.2) is 4.79 Å². The highest BCUT2D eigenvalue weighted by Gasteiger charge is 2.03. The number of nitrogens with two attached hydrogens (primary N) is 1. The van der Waals surface area contributed by atoms with E-state index in [0.717, 1.165) is 0 Å². The van der Waals surface area contributed by atoms with E-state index in [1.165, 1.54) is 0 Å². The van der Waals surface area contributed by atoms with Crippen LogP contribution in [0.15, 0.2) is 24.3 Å². The van der Waals surface area contributed by atoms with E-state index in [0.29, 0.717) is 18.0 Å². The first-order chi connectivity index (χ1) is 8.08. The second-order valence-electron chi connectivity index (χ2n) is 3.81. The summed E-state index contributed by atoms with van der Waals surface area (Å²) >= 11 is 0. The summed E-state index contributed by atoms with van der Waals surface area (Å²) in [6.45, 7) is 4.47. The topological polar surface area (TPSA) is 73.6 Å². The van der Waals surface area contributed by atoms with Crippen molar-refractivity contribution in [1.82, 2.24) is 0 Å². The molecule has 5 nitrogen and oxygen atoms in total. The lowest BCUT2D eigenvalue weighted by atomic mass is 10.3. The number of benzene rings is 1. The van der Waals surface area contributed by atoms with Gasteiger partial charge in [-0.3, -0.25) is 5.32 Å². The highest BCUT2D eigenvalue weighted by Crippen LogP contribution is 2.11. The maximum Gasteiger partial charge on any atom is 0.411 e. The summed E-state index contributed by atoms with van der Waals surface area (Å²) in [6, 6.07) is 6.90. The average Bonchev–Trinajstić information content (AvgIpc) is 2.24. The number of ether oxygens (including phenoxy) is 2. The average molecular weight is 238 g/mol. The van der Waals surface area contributed by atoms with Gasteiger partial charge in [0.05, 0.1) is 12.7 Å². The van der Waals surface area contributed by atoms with E-state index < -0.39 is 6.09 Å². The second-order valence-corrected chi connectivity index (χ2v) is 3.81. The van der Waals surface area contributed by atoms with E-state index in [1.54, 1.807) is 24.3 Å². The van der Waals surface area contributed by atoms with E-state index in [1.807, 2.05) is 13.8 Å². The molecule has 0 aliphatic carbocycles. The van der Waals surface area contributed by atoms with Crippen molar-refractivity contribution < 1.29 is 14.3 Å². The van der Waals surface area contributed by atoms with Crippen LogP contribution in [0.5, 0.6) is 0 Å². The van der Waals surface area contributed by atoms with Crippen molar-refractivity contribution in [2.45, 2.75) is 20.0 Å². The first kappa shape index (κ1) is 13.3. The standard InChI is InChI=1S/C12H18N2O3/c1-9(2)16-6-7-17-12(15)14-11-5-3-4-10(13)8-11/h3-5,8-9H,6-7,13H2,1-2H3,(H,14,15). The Morgan fingerprint density at radius 2 is 2.18 bits per heavy atom. The van der Waals surface area contributed by atoms with Crippen LogP contribution in [0.4, 0.5) is 16.2 Å². The van der Waals surface area contributed by atoms with Crippen molar-refractivity contribution in [1.29, 1.82) is 0 Å². The Labute approximate surface area is 101 Å². The number of hydrogen-bond acceptors (Lipinski definition) is 4. The van der Waals surface area contributed by atoms with Crippen molar-refractivity contribution in [2.75, 3.05) is 24.3 Å². The van der Waals surface area contributed by atoms with Crippen LogP contribution in [0.3, 0.4) is 0 Å². The van der Waals surface area contributed by atoms with Gasteiger partial charge in [0, 0.05) is 11.4 Å². The van der Waals surface area contributed by atoms with Gasteiger partial charge in [-0.15, -0.1) is 0 Å². The van der Waals surface area contributed by atoms with Crippen LogP contribution in [0.1, 0.15) is 13.8 Å². The molecule has 0 spiro atoms. The Hall–Kier alpha value is -1.75. The van der Waals surface area contributed by atoms with Crippen LogP contribution in [0.2, 0.25) is 0 Å². The van der Waals surface area contributed by atoms with Crippen LogP contribution in [-0.4, -0.2) is 25.4 Å². The number of carbonyl (C=O) groups is 1. The first-order valence-corrected chi connectivity index (χ1v) is 5.49. The first-order valence-electron chi connectivity index (χ1n) is 5.49. The van der Waals surface area contributed by atoms with Crippen LogP contribution < -0.4 is 11.1 Å². The third-order valence-electron chi connectivity index (χ3n) is 1.90. The van der Waals surface area contributed by atoms with Crippen molar-refractivity contribution in [3.63, 3.8) is 0 Å². The maximum absolute atomic E-state index is 11.3. The van der Waals surface area contributed by atoms with Gasteiger partial charge >= 0.3 is 6.09 Å². The number of nitrogens with one attached hydrogen (secondary N) is 1.